The molecule has 0 aromatic carbocycles. The minimum Gasteiger partial charge on any atom is -0.462 e. The second-order valence-electron chi connectivity index (χ2n) is 3.83. The van der Waals surface area contributed by atoms with Gasteiger partial charge >= 0.3 is 18.1 Å². The summed E-state index contributed by atoms with van der Waals surface area (Å²) in [5, 5.41) is 4.67. The Morgan fingerprint density at radius 2 is 1.88 bits per heavy atom. The lowest BCUT2D eigenvalue weighted by Crippen LogP contribution is -2.55. The minimum atomic E-state index is -4.24. The lowest BCUT2D eigenvalue weighted by molar-refractivity contribution is -0.153. The quantitative estimate of drug-likeness (QED) is 0.548. The minimum absolute atomic E-state index is 0.271. The summed E-state index contributed by atoms with van der Waals surface area (Å²) in [7, 11) is 1.08. The molecule has 8 heteroatoms. The van der Waals surface area contributed by atoms with Gasteiger partial charge in [-0.3, -0.25) is 4.79 Å². The standard InChI is InChI=1S/C9H13F3N2O3/c1-17-8(16)7(15)14-6-2-5(3-6)13-4-9(10,11)12/h5-6,13H,2-4H2,1H3,(H,14,15). The fraction of sp³-hybridized carbons (Fsp3) is 0.778. The molecule has 0 aromatic rings. The Morgan fingerprint density at radius 1 is 1.29 bits per heavy atom. The first kappa shape index (κ1) is 13.8. The van der Waals surface area contributed by atoms with Gasteiger partial charge in [-0.2, -0.15) is 13.2 Å². The van der Waals surface area contributed by atoms with Crippen LogP contribution in [0, 0.1) is 0 Å². The summed E-state index contributed by atoms with van der Waals surface area (Å²) in [6, 6.07) is -0.549. The predicted molar refractivity (Wildman–Crippen MR) is 51.0 cm³/mol. The first-order valence-corrected chi connectivity index (χ1v) is 5.01. The maximum Gasteiger partial charge on any atom is 0.401 e. The highest BCUT2D eigenvalue weighted by molar-refractivity contribution is 6.32. The highest BCUT2D eigenvalue weighted by atomic mass is 19.4. The van der Waals surface area contributed by atoms with E-state index in [9.17, 15) is 22.8 Å². The summed E-state index contributed by atoms with van der Waals surface area (Å²) < 4.78 is 39.7. The molecule has 1 fully saturated rings. The van der Waals surface area contributed by atoms with Gasteiger partial charge in [0, 0.05) is 12.1 Å². The molecule has 1 saturated carbocycles. The van der Waals surface area contributed by atoms with Crippen molar-refractivity contribution in [3.63, 3.8) is 0 Å². The highest BCUT2D eigenvalue weighted by Crippen LogP contribution is 2.21. The molecule has 17 heavy (non-hydrogen) atoms. The summed E-state index contributed by atoms with van der Waals surface area (Å²) >= 11 is 0. The number of esters is 1. The van der Waals surface area contributed by atoms with Crippen LogP contribution in [0.5, 0.6) is 0 Å². The second-order valence-corrected chi connectivity index (χ2v) is 3.83. The monoisotopic (exact) mass is 254 g/mol. The maximum absolute atomic E-state index is 11.8. The molecule has 1 rings (SSSR count). The van der Waals surface area contributed by atoms with Crippen molar-refractivity contribution in [2.45, 2.75) is 31.1 Å². The first-order valence-electron chi connectivity index (χ1n) is 5.01. The number of carbonyl (C=O) groups is 2. The van der Waals surface area contributed by atoms with Crippen LogP contribution in [-0.4, -0.2) is 43.8 Å². The molecule has 0 bridgehead atoms. The number of hydrogen-bond acceptors (Lipinski definition) is 4. The van der Waals surface area contributed by atoms with Crippen LogP contribution in [0.2, 0.25) is 0 Å². The van der Waals surface area contributed by atoms with Crippen molar-refractivity contribution in [2.24, 2.45) is 0 Å². The van der Waals surface area contributed by atoms with E-state index in [1.165, 1.54) is 0 Å². The number of alkyl halides is 3. The van der Waals surface area contributed by atoms with E-state index in [-0.39, 0.29) is 12.1 Å². The van der Waals surface area contributed by atoms with E-state index in [1.54, 1.807) is 0 Å². The number of nitrogens with one attached hydrogen (secondary N) is 2. The highest BCUT2D eigenvalue weighted by Gasteiger charge is 2.35. The molecule has 5 nitrogen and oxygen atoms in total. The lowest BCUT2D eigenvalue weighted by atomic mass is 9.86. The fourth-order valence-electron chi connectivity index (χ4n) is 1.50. The summed E-state index contributed by atoms with van der Waals surface area (Å²) in [5.41, 5.74) is 0. The number of amides is 1. The molecule has 0 aromatic heterocycles. The average molecular weight is 254 g/mol. The van der Waals surface area contributed by atoms with E-state index in [1.807, 2.05) is 0 Å². The molecule has 1 aliphatic carbocycles. The van der Waals surface area contributed by atoms with Crippen LogP contribution < -0.4 is 10.6 Å². The first-order chi connectivity index (χ1) is 7.81. The van der Waals surface area contributed by atoms with Crippen LogP contribution in [0.4, 0.5) is 13.2 Å². The normalized spacial score (nSPS) is 23.8. The largest absolute Gasteiger partial charge is 0.462 e. The third-order valence-electron chi connectivity index (χ3n) is 2.44. The Kier molecular flexibility index (Phi) is 4.33. The fourth-order valence-corrected chi connectivity index (χ4v) is 1.50. The topological polar surface area (TPSA) is 67.4 Å². The van der Waals surface area contributed by atoms with Gasteiger partial charge in [-0.25, -0.2) is 4.79 Å². The predicted octanol–water partition coefficient (Wildman–Crippen LogP) is -0.0415. The molecule has 1 amide bonds. The van der Waals surface area contributed by atoms with Gasteiger partial charge in [0.2, 0.25) is 0 Å². The molecule has 0 atom stereocenters. The van der Waals surface area contributed by atoms with E-state index >= 15 is 0 Å². The lowest BCUT2D eigenvalue weighted by Gasteiger charge is -2.36. The van der Waals surface area contributed by atoms with Gasteiger partial charge in [0.15, 0.2) is 0 Å². The zero-order chi connectivity index (χ0) is 13.1. The van der Waals surface area contributed by atoms with Crippen LogP contribution in [-0.2, 0) is 14.3 Å². The molecule has 98 valence electrons. The van der Waals surface area contributed by atoms with Crippen LogP contribution in [0.25, 0.3) is 0 Å². The van der Waals surface area contributed by atoms with Gasteiger partial charge in [-0.15, -0.1) is 0 Å². The molecule has 0 heterocycles. The van der Waals surface area contributed by atoms with Crippen molar-refractivity contribution in [3.05, 3.63) is 0 Å². The maximum atomic E-state index is 11.8. The van der Waals surface area contributed by atoms with Crippen LogP contribution in [0.1, 0.15) is 12.8 Å². The van der Waals surface area contributed by atoms with Gasteiger partial charge in [0.1, 0.15) is 0 Å². The van der Waals surface area contributed by atoms with Crippen molar-refractivity contribution >= 4 is 11.9 Å². The zero-order valence-corrected chi connectivity index (χ0v) is 9.13. The smallest absolute Gasteiger partial charge is 0.401 e. The van der Waals surface area contributed by atoms with Crippen LogP contribution in [0.3, 0.4) is 0 Å². The molecule has 0 spiro atoms. The Labute approximate surface area is 95.7 Å². The van der Waals surface area contributed by atoms with E-state index in [4.69, 9.17) is 0 Å². The van der Waals surface area contributed by atoms with E-state index in [0.29, 0.717) is 12.8 Å². The molecule has 0 saturated heterocycles. The third-order valence-corrected chi connectivity index (χ3v) is 2.44. The van der Waals surface area contributed by atoms with Gasteiger partial charge in [0.05, 0.1) is 13.7 Å². The van der Waals surface area contributed by atoms with E-state index < -0.39 is 24.6 Å². The van der Waals surface area contributed by atoms with Gasteiger partial charge in [-0.1, -0.05) is 0 Å². The number of methoxy groups -OCH3 is 1. The van der Waals surface area contributed by atoms with Gasteiger partial charge < -0.3 is 15.4 Å². The van der Waals surface area contributed by atoms with Crippen LogP contribution in [0.15, 0.2) is 0 Å². The summed E-state index contributed by atoms with van der Waals surface area (Å²) in [4.78, 5) is 21.7. The average Bonchev–Trinajstić information content (AvgIpc) is 2.18. The number of halogens is 3. The van der Waals surface area contributed by atoms with Crippen LogP contribution >= 0.6 is 0 Å². The van der Waals surface area contributed by atoms with Crippen molar-refractivity contribution in [2.75, 3.05) is 13.7 Å². The molecule has 0 unspecified atom stereocenters. The Bertz CT molecular complexity index is 300. The van der Waals surface area contributed by atoms with E-state index in [0.717, 1.165) is 7.11 Å². The van der Waals surface area contributed by atoms with Crippen molar-refractivity contribution < 1.29 is 27.5 Å². The Morgan fingerprint density at radius 3 is 2.35 bits per heavy atom. The molecule has 0 aliphatic heterocycles. The van der Waals surface area contributed by atoms with Gasteiger partial charge in [0.25, 0.3) is 0 Å². The summed E-state index contributed by atoms with van der Waals surface area (Å²) in [6.07, 6.45) is -3.49. The van der Waals surface area contributed by atoms with Crippen molar-refractivity contribution in [3.8, 4) is 0 Å². The molecule has 2 N–H and O–H groups in total. The zero-order valence-electron chi connectivity index (χ0n) is 9.13. The van der Waals surface area contributed by atoms with Crippen molar-refractivity contribution in [1.82, 2.24) is 10.6 Å². The van der Waals surface area contributed by atoms with Crippen molar-refractivity contribution in [1.29, 1.82) is 0 Å². The third kappa shape index (κ3) is 4.59. The molecule has 0 radical (unpaired) electrons. The Hall–Kier alpha value is -1.31. The SMILES string of the molecule is COC(=O)C(=O)NC1CC(NCC(F)(F)F)C1. The molecular formula is C9H13F3N2O3. The summed E-state index contributed by atoms with van der Waals surface area (Å²) in [6.45, 7) is -1.05. The summed E-state index contributed by atoms with van der Waals surface area (Å²) in [5.74, 6) is -1.87. The number of carbonyl (C=O) groups excluding carboxylic acids is 2. The number of hydrogen-bond donors (Lipinski definition) is 2. The van der Waals surface area contributed by atoms with Gasteiger partial charge in [-0.05, 0) is 12.8 Å². The second kappa shape index (κ2) is 5.35. The Balaban J connectivity index is 2.15. The van der Waals surface area contributed by atoms with E-state index in [2.05, 4.69) is 15.4 Å². The number of rotatable bonds is 3. The molecular weight excluding hydrogens is 241 g/mol. The molecule has 1 aliphatic rings. The number of ether oxygens (including phenoxy) is 1.